The van der Waals surface area contributed by atoms with Crippen LogP contribution in [0.25, 0.3) is 0 Å². The molecule has 33 heavy (non-hydrogen) atoms. The second-order valence-corrected chi connectivity index (χ2v) is 8.52. The summed E-state index contributed by atoms with van der Waals surface area (Å²) >= 11 is 0. The van der Waals surface area contributed by atoms with Crippen molar-refractivity contribution in [1.29, 1.82) is 0 Å². The number of cyclic esters (lactones) is 1. The lowest BCUT2D eigenvalue weighted by atomic mass is 9.95. The van der Waals surface area contributed by atoms with Crippen LogP contribution in [0.4, 0.5) is 10.5 Å². The van der Waals surface area contributed by atoms with Gasteiger partial charge in [-0.1, -0.05) is 48.0 Å². The summed E-state index contributed by atoms with van der Waals surface area (Å²) in [6, 6.07) is 16.8. The van der Waals surface area contributed by atoms with Crippen LogP contribution < -0.4 is 10.2 Å². The first-order valence-electron chi connectivity index (χ1n) is 11.1. The molecule has 5 rings (SSSR count). The van der Waals surface area contributed by atoms with Crippen molar-refractivity contribution < 1.29 is 19.1 Å². The molecule has 0 aromatic heterocycles. The average molecular weight is 447 g/mol. The van der Waals surface area contributed by atoms with Gasteiger partial charge in [-0.2, -0.15) is 0 Å². The average Bonchev–Trinajstić information content (AvgIpc) is 3.23. The molecule has 0 unspecified atom stereocenters. The minimum atomic E-state index is -0.580. The van der Waals surface area contributed by atoms with Crippen molar-refractivity contribution in [3.05, 3.63) is 77.0 Å². The molecule has 3 heterocycles. The largest absolute Gasteiger partial charge is 0.456 e. The van der Waals surface area contributed by atoms with Crippen LogP contribution in [0, 0.1) is 6.92 Å². The number of nitrogens with zero attached hydrogens (tertiary/aromatic N) is 3. The predicted octanol–water partition coefficient (Wildman–Crippen LogP) is 2.22. The van der Waals surface area contributed by atoms with Gasteiger partial charge in [-0.15, -0.1) is 0 Å². The number of carbonyl (C=O) groups excluding carboxylic acids is 3. The van der Waals surface area contributed by atoms with Gasteiger partial charge in [0.2, 0.25) is 5.91 Å². The lowest BCUT2D eigenvalue weighted by Crippen LogP contribution is -2.54. The van der Waals surface area contributed by atoms with Gasteiger partial charge in [0, 0.05) is 31.9 Å². The Balaban J connectivity index is 1.30. The molecule has 1 N–H and O–H groups in total. The van der Waals surface area contributed by atoms with E-state index < -0.39 is 18.0 Å². The molecule has 170 valence electrons. The Morgan fingerprint density at radius 1 is 1.00 bits per heavy atom. The second-order valence-electron chi connectivity index (χ2n) is 8.52. The lowest BCUT2D eigenvalue weighted by molar-refractivity contribution is -0.136. The molecule has 8 heteroatoms. The van der Waals surface area contributed by atoms with E-state index in [0.29, 0.717) is 24.4 Å². The number of anilines is 1. The number of ether oxygens (including phenoxy) is 1. The quantitative estimate of drug-likeness (QED) is 0.729. The van der Waals surface area contributed by atoms with Crippen molar-refractivity contribution in [3.8, 4) is 0 Å². The fourth-order valence-electron chi connectivity index (χ4n) is 4.58. The van der Waals surface area contributed by atoms with Crippen molar-refractivity contribution >= 4 is 23.6 Å². The number of piperazine rings is 1. The summed E-state index contributed by atoms with van der Waals surface area (Å²) in [6.45, 7) is 4.48. The van der Waals surface area contributed by atoms with E-state index in [1.54, 1.807) is 4.90 Å². The molecule has 3 amide bonds. The number of amides is 3. The van der Waals surface area contributed by atoms with Crippen LogP contribution in [-0.4, -0.2) is 67.0 Å². The number of benzene rings is 2. The number of hydrogen-bond acceptors (Lipinski definition) is 5. The van der Waals surface area contributed by atoms with E-state index in [-0.39, 0.29) is 19.1 Å². The van der Waals surface area contributed by atoms with Gasteiger partial charge in [0.05, 0.1) is 17.3 Å². The highest BCUT2D eigenvalue weighted by molar-refractivity contribution is 5.98. The van der Waals surface area contributed by atoms with E-state index in [1.165, 1.54) is 4.90 Å². The van der Waals surface area contributed by atoms with Gasteiger partial charge in [-0.3, -0.25) is 9.69 Å². The van der Waals surface area contributed by atoms with Crippen LogP contribution >= 0.6 is 0 Å². The minimum Gasteiger partial charge on any atom is -0.456 e. The van der Waals surface area contributed by atoms with Crippen LogP contribution in [-0.2, 0) is 14.3 Å². The number of esters is 1. The van der Waals surface area contributed by atoms with Crippen molar-refractivity contribution in [2.24, 2.45) is 0 Å². The molecule has 0 bridgehead atoms. The number of urea groups is 1. The zero-order valence-corrected chi connectivity index (χ0v) is 18.5. The van der Waals surface area contributed by atoms with E-state index in [4.69, 9.17) is 4.74 Å². The maximum atomic E-state index is 13.1. The third kappa shape index (κ3) is 4.04. The third-order valence-electron chi connectivity index (χ3n) is 6.46. The van der Waals surface area contributed by atoms with Gasteiger partial charge in [-0.25, -0.2) is 9.59 Å². The Labute approximate surface area is 192 Å². The molecule has 2 aromatic carbocycles. The first-order valence-corrected chi connectivity index (χ1v) is 11.1. The number of rotatable bonds is 4. The molecule has 1 atom stereocenters. The topological polar surface area (TPSA) is 82.2 Å². The molecular formula is C25H26N4O4. The zero-order valence-electron chi connectivity index (χ0n) is 18.5. The summed E-state index contributed by atoms with van der Waals surface area (Å²) in [7, 11) is 0. The molecule has 0 radical (unpaired) electrons. The van der Waals surface area contributed by atoms with Crippen LogP contribution in [0.3, 0.4) is 0 Å². The molecule has 0 aliphatic carbocycles. The lowest BCUT2D eigenvalue weighted by Gasteiger charge is -2.38. The maximum Gasteiger partial charge on any atom is 0.338 e. The Hall–Kier alpha value is -3.81. The number of carbonyl (C=O) groups is 3. The van der Waals surface area contributed by atoms with Crippen LogP contribution in [0.15, 0.2) is 65.9 Å². The summed E-state index contributed by atoms with van der Waals surface area (Å²) in [5.74, 6) is -0.595. The summed E-state index contributed by atoms with van der Waals surface area (Å²) in [5.41, 5.74) is 3.91. The van der Waals surface area contributed by atoms with Crippen LogP contribution in [0.1, 0.15) is 17.2 Å². The van der Waals surface area contributed by atoms with Gasteiger partial charge in [-0.05, 0) is 24.6 Å². The maximum absolute atomic E-state index is 13.1. The Morgan fingerprint density at radius 2 is 1.70 bits per heavy atom. The standard InChI is InChI=1S/C25H26N4O4/c1-17-7-9-18(10-8-17)23-22-20(16-33-24(22)31)29(25(32)26-23)15-21(30)28-13-11-27(12-14-28)19-5-3-2-4-6-19/h2-10,23H,11-16H2,1H3,(H,26,32)/t23-/m0/s1. The van der Waals surface area contributed by atoms with Crippen LogP contribution in [0.2, 0.25) is 0 Å². The summed E-state index contributed by atoms with van der Waals surface area (Å²) < 4.78 is 5.27. The Morgan fingerprint density at radius 3 is 2.39 bits per heavy atom. The Bertz CT molecular complexity index is 1100. The predicted molar refractivity (Wildman–Crippen MR) is 122 cm³/mol. The Kier molecular flexibility index (Phi) is 5.50. The third-order valence-corrected chi connectivity index (χ3v) is 6.46. The van der Waals surface area contributed by atoms with Crippen molar-refractivity contribution in [1.82, 2.24) is 15.1 Å². The SMILES string of the molecule is Cc1ccc([C@@H]2NC(=O)N(CC(=O)N3CCN(c4ccccc4)CC3)C3=C2C(=O)OC3)cc1. The summed E-state index contributed by atoms with van der Waals surface area (Å²) in [5, 5.41) is 2.89. The normalized spacial score (nSPS) is 20.5. The van der Waals surface area contributed by atoms with Crippen LogP contribution in [0.5, 0.6) is 0 Å². The highest BCUT2D eigenvalue weighted by Crippen LogP contribution is 2.35. The van der Waals surface area contributed by atoms with Gasteiger partial charge < -0.3 is 19.9 Å². The van der Waals surface area contributed by atoms with Gasteiger partial charge >= 0.3 is 12.0 Å². The monoisotopic (exact) mass is 446 g/mol. The molecule has 0 spiro atoms. The molecular weight excluding hydrogens is 420 g/mol. The van der Waals surface area contributed by atoms with E-state index in [1.807, 2.05) is 49.4 Å². The number of hydrogen-bond donors (Lipinski definition) is 1. The molecule has 8 nitrogen and oxygen atoms in total. The minimum absolute atomic E-state index is 0.000979. The van der Waals surface area contributed by atoms with E-state index in [9.17, 15) is 14.4 Å². The first-order chi connectivity index (χ1) is 16.0. The second kappa shape index (κ2) is 8.61. The fraction of sp³-hybridized carbons (Fsp3) is 0.320. The van der Waals surface area contributed by atoms with Gasteiger partial charge in [0.1, 0.15) is 13.2 Å². The molecule has 3 aliphatic heterocycles. The molecule has 1 fully saturated rings. The van der Waals surface area contributed by atoms with Crippen molar-refractivity contribution in [2.75, 3.05) is 44.2 Å². The number of para-hydroxylation sites is 1. The summed E-state index contributed by atoms with van der Waals surface area (Å²) in [6.07, 6.45) is 0. The van der Waals surface area contributed by atoms with E-state index in [2.05, 4.69) is 22.3 Å². The first kappa shape index (κ1) is 21.1. The summed E-state index contributed by atoms with van der Waals surface area (Å²) in [4.78, 5) is 43.9. The van der Waals surface area contributed by atoms with Crippen molar-refractivity contribution in [2.45, 2.75) is 13.0 Å². The van der Waals surface area contributed by atoms with E-state index in [0.717, 1.165) is 29.9 Å². The smallest absolute Gasteiger partial charge is 0.338 e. The molecule has 0 saturated carbocycles. The molecule has 1 saturated heterocycles. The molecule has 2 aromatic rings. The number of aryl methyl sites for hydroxylation is 1. The number of nitrogens with one attached hydrogen (secondary N) is 1. The zero-order chi connectivity index (χ0) is 22.9. The van der Waals surface area contributed by atoms with Gasteiger partial charge in [0.25, 0.3) is 0 Å². The van der Waals surface area contributed by atoms with E-state index >= 15 is 0 Å². The highest BCUT2D eigenvalue weighted by Gasteiger charge is 2.43. The fourth-order valence-corrected chi connectivity index (χ4v) is 4.58. The molecule has 3 aliphatic rings. The van der Waals surface area contributed by atoms with Crippen molar-refractivity contribution in [3.63, 3.8) is 0 Å². The highest BCUT2D eigenvalue weighted by atomic mass is 16.5. The van der Waals surface area contributed by atoms with Gasteiger partial charge in [0.15, 0.2) is 0 Å².